The van der Waals surface area contributed by atoms with Gasteiger partial charge in [-0.2, -0.15) is 0 Å². The van der Waals surface area contributed by atoms with Crippen LogP contribution in [-0.2, 0) is 19.1 Å². The monoisotopic (exact) mass is 583 g/mol. The van der Waals surface area contributed by atoms with Gasteiger partial charge in [-0.25, -0.2) is 0 Å². The molecule has 4 heterocycles. The molecule has 3 aliphatic heterocycles. The molecular weight excluding hydrogens is 542 g/mol. The van der Waals surface area contributed by atoms with E-state index in [0.717, 1.165) is 24.1 Å². The highest BCUT2D eigenvalue weighted by Crippen LogP contribution is 2.48. The van der Waals surface area contributed by atoms with E-state index in [2.05, 4.69) is 11.9 Å². The van der Waals surface area contributed by atoms with Crippen LogP contribution in [0.25, 0.3) is 0 Å². The van der Waals surface area contributed by atoms with Crippen LogP contribution in [-0.4, -0.2) is 85.9 Å². The van der Waals surface area contributed by atoms with Crippen LogP contribution in [0.4, 0.5) is 5.69 Å². The van der Waals surface area contributed by atoms with Crippen molar-refractivity contribution in [1.29, 1.82) is 0 Å². The first-order valence-electron chi connectivity index (χ1n) is 14.6. The topological polar surface area (TPSA) is 120 Å². The third-order valence-corrected chi connectivity index (χ3v) is 8.47. The molecule has 3 atom stereocenters. The number of rotatable bonds is 12. The molecule has 11 nitrogen and oxygen atoms in total. The Hall–Kier alpha value is -3.41. The lowest BCUT2D eigenvalue weighted by atomic mass is 9.77. The third-order valence-electron chi connectivity index (χ3n) is 8.47. The number of pyridine rings is 1. The minimum Gasteiger partial charge on any atom is -0.493 e. The van der Waals surface area contributed by atoms with Gasteiger partial charge in [0.1, 0.15) is 0 Å². The van der Waals surface area contributed by atoms with Crippen molar-refractivity contribution >= 4 is 17.6 Å². The highest BCUT2D eigenvalue weighted by atomic mass is 16.7. The fraction of sp³-hybridized carbons (Fsp3) is 0.581. The molecule has 0 spiro atoms. The summed E-state index contributed by atoms with van der Waals surface area (Å²) in [5.41, 5.74) is 0.999. The van der Waals surface area contributed by atoms with Crippen LogP contribution in [0.5, 0.6) is 17.2 Å². The Labute approximate surface area is 246 Å². The molecule has 0 bridgehead atoms. The van der Waals surface area contributed by atoms with Gasteiger partial charge < -0.3 is 33.7 Å². The van der Waals surface area contributed by atoms with Crippen LogP contribution in [0.2, 0.25) is 0 Å². The van der Waals surface area contributed by atoms with Gasteiger partial charge in [-0.15, -0.1) is 0 Å². The van der Waals surface area contributed by atoms with Gasteiger partial charge in [-0.05, 0) is 42.7 Å². The smallest absolute Gasteiger partial charge is 0.308 e. The average molecular weight is 584 g/mol. The normalized spacial score (nSPS) is 22.4. The maximum Gasteiger partial charge on any atom is 0.308 e. The van der Waals surface area contributed by atoms with E-state index in [0.29, 0.717) is 50.0 Å². The lowest BCUT2D eigenvalue weighted by molar-refractivity contribution is -0.147. The Balaban J connectivity index is 1.49. The Morgan fingerprint density at radius 2 is 2.00 bits per heavy atom. The molecule has 2 aromatic rings. The number of carbonyl (C=O) groups excluding carboxylic acids is 1. The second-order valence-electron chi connectivity index (χ2n) is 11.8. The second-order valence-corrected chi connectivity index (χ2v) is 11.8. The van der Waals surface area contributed by atoms with Crippen LogP contribution < -0.4 is 19.1 Å². The van der Waals surface area contributed by atoms with Crippen LogP contribution in [0.3, 0.4) is 0 Å². The first-order chi connectivity index (χ1) is 20.2. The van der Waals surface area contributed by atoms with E-state index in [4.69, 9.17) is 23.7 Å². The number of carboxylic acids is 1. The molecule has 2 saturated heterocycles. The summed E-state index contributed by atoms with van der Waals surface area (Å²) in [6, 6.07) is 6.90. The van der Waals surface area contributed by atoms with Gasteiger partial charge >= 0.3 is 5.97 Å². The molecule has 0 aliphatic carbocycles. The van der Waals surface area contributed by atoms with Crippen LogP contribution in [0.15, 0.2) is 36.7 Å². The van der Waals surface area contributed by atoms with Gasteiger partial charge in [0.25, 0.3) is 0 Å². The van der Waals surface area contributed by atoms with Crippen molar-refractivity contribution < 1.29 is 38.4 Å². The summed E-state index contributed by atoms with van der Waals surface area (Å²) in [5, 5.41) is 10.7. The lowest BCUT2D eigenvalue weighted by Gasteiger charge is -2.37. The minimum absolute atomic E-state index is 0.0632. The van der Waals surface area contributed by atoms with E-state index >= 15 is 0 Å². The summed E-state index contributed by atoms with van der Waals surface area (Å²) in [6.07, 6.45) is 5.15. The molecule has 2 fully saturated rings. The summed E-state index contributed by atoms with van der Waals surface area (Å²) in [6.45, 7) is 8.20. The van der Waals surface area contributed by atoms with Crippen molar-refractivity contribution in [3.63, 3.8) is 0 Å². The predicted octanol–water partition coefficient (Wildman–Crippen LogP) is 3.91. The van der Waals surface area contributed by atoms with Crippen molar-refractivity contribution in [2.45, 2.75) is 58.3 Å². The van der Waals surface area contributed by atoms with E-state index in [1.807, 2.05) is 43.0 Å². The fourth-order valence-electron chi connectivity index (χ4n) is 6.38. The average Bonchev–Trinajstić information content (AvgIpc) is 3.74. The lowest BCUT2D eigenvalue weighted by Crippen LogP contribution is -2.47. The molecule has 3 unspecified atom stereocenters. The summed E-state index contributed by atoms with van der Waals surface area (Å²) >= 11 is 0. The highest BCUT2D eigenvalue weighted by Gasteiger charge is 2.51. The zero-order valence-corrected chi connectivity index (χ0v) is 24.8. The van der Waals surface area contributed by atoms with Gasteiger partial charge in [0, 0.05) is 36.7 Å². The molecule has 42 heavy (non-hydrogen) atoms. The number of carbonyl (C=O) groups is 2. The number of fused-ring (bicyclic) bond motifs is 1. The molecule has 228 valence electrons. The van der Waals surface area contributed by atoms with Crippen LogP contribution in [0.1, 0.15) is 51.5 Å². The molecular formula is C31H41N3O8. The van der Waals surface area contributed by atoms with E-state index in [-0.39, 0.29) is 19.2 Å². The number of aromatic nitrogens is 1. The maximum absolute atomic E-state index is 13.9. The molecule has 0 saturated carbocycles. The Morgan fingerprint density at radius 3 is 2.67 bits per heavy atom. The number of unbranched alkanes of at least 4 members (excludes halogenated alkanes) is 1. The van der Waals surface area contributed by atoms with E-state index in [9.17, 15) is 14.7 Å². The fourth-order valence-corrected chi connectivity index (χ4v) is 6.38. The molecule has 1 N–H and O–H groups in total. The van der Waals surface area contributed by atoms with Crippen molar-refractivity contribution in [1.82, 2.24) is 9.88 Å². The number of benzene rings is 1. The number of nitrogens with zero attached hydrogens (tertiary/aromatic N) is 3. The van der Waals surface area contributed by atoms with Gasteiger partial charge in [0.2, 0.25) is 18.4 Å². The standard InChI is InChI=1S/C31H41N3O8/c1-5-6-10-34(21-8-7-9-32-16-21)26(35)18-33-17-22(20-13-24(38-4)28-25(14-20)41-19-42-28)27(29(36)37)23(33)15-31(2,3)30-39-11-12-40-30/h7-9,13-14,16,22-23,27,30H,5-6,10-12,15,17-19H2,1-4H3,(H,36,37). The number of anilines is 1. The molecule has 5 rings (SSSR count). The van der Waals surface area contributed by atoms with Gasteiger partial charge in [-0.1, -0.05) is 27.2 Å². The number of ether oxygens (including phenoxy) is 5. The number of hydrogen-bond acceptors (Lipinski definition) is 9. The van der Waals surface area contributed by atoms with E-state index < -0.39 is 35.6 Å². The minimum atomic E-state index is -0.921. The Bertz CT molecular complexity index is 1250. The number of amides is 1. The number of carboxylic acid groups (broad SMARTS) is 1. The van der Waals surface area contributed by atoms with Crippen molar-refractivity contribution in [2.75, 3.05) is 51.7 Å². The quantitative estimate of drug-likeness (QED) is 0.394. The molecule has 3 aliphatic rings. The molecule has 11 heteroatoms. The summed E-state index contributed by atoms with van der Waals surface area (Å²) < 4.78 is 28.5. The molecule has 0 radical (unpaired) electrons. The predicted molar refractivity (Wildman–Crippen MR) is 154 cm³/mol. The summed E-state index contributed by atoms with van der Waals surface area (Å²) in [5.74, 6) is -0.718. The number of likely N-dealkylation sites (tertiary alicyclic amines) is 1. The number of methoxy groups -OCH3 is 1. The Kier molecular flexibility index (Phi) is 9.19. The van der Waals surface area contributed by atoms with Gasteiger partial charge in [0.05, 0.1) is 44.7 Å². The van der Waals surface area contributed by atoms with Crippen molar-refractivity contribution in [3.8, 4) is 17.2 Å². The summed E-state index contributed by atoms with van der Waals surface area (Å²) in [7, 11) is 1.55. The molecule has 1 aromatic carbocycles. The van der Waals surface area contributed by atoms with Crippen LogP contribution in [0, 0.1) is 11.3 Å². The zero-order chi connectivity index (χ0) is 29.9. The third kappa shape index (κ3) is 6.18. The summed E-state index contributed by atoms with van der Waals surface area (Å²) in [4.78, 5) is 35.0. The van der Waals surface area contributed by atoms with Gasteiger partial charge in [0.15, 0.2) is 17.8 Å². The van der Waals surface area contributed by atoms with Crippen molar-refractivity contribution in [3.05, 3.63) is 42.2 Å². The van der Waals surface area contributed by atoms with Crippen LogP contribution >= 0.6 is 0 Å². The first kappa shape index (κ1) is 30.1. The second kappa shape index (κ2) is 12.8. The number of aliphatic carboxylic acids is 1. The Morgan fingerprint density at radius 1 is 1.21 bits per heavy atom. The zero-order valence-electron chi connectivity index (χ0n) is 24.8. The number of hydrogen-bond donors (Lipinski definition) is 1. The van der Waals surface area contributed by atoms with Crippen molar-refractivity contribution in [2.24, 2.45) is 11.3 Å². The molecule has 1 aromatic heterocycles. The van der Waals surface area contributed by atoms with Gasteiger partial charge in [-0.3, -0.25) is 19.5 Å². The van der Waals surface area contributed by atoms with E-state index in [1.54, 1.807) is 24.4 Å². The largest absolute Gasteiger partial charge is 0.493 e. The SMILES string of the molecule is CCCCN(C(=O)CN1CC(c2cc(OC)c3c(c2)OCO3)C(C(=O)O)C1CC(C)(C)C1OCCO1)c1cccnc1. The van der Waals surface area contributed by atoms with E-state index in [1.165, 1.54) is 0 Å². The molecule has 1 amide bonds. The first-order valence-corrected chi connectivity index (χ1v) is 14.6. The maximum atomic E-state index is 13.9. The highest BCUT2D eigenvalue weighted by molar-refractivity contribution is 5.94.